The summed E-state index contributed by atoms with van der Waals surface area (Å²) >= 11 is 0. The van der Waals surface area contributed by atoms with Crippen LogP contribution in [0.3, 0.4) is 0 Å². The lowest BCUT2D eigenvalue weighted by Gasteiger charge is -2.22. The highest BCUT2D eigenvalue weighted by molar-refractivity contribution is 5.92. The molecule has 2 N–H and O–H groups in total. The number of amides is 1. The molecule has 0 saturated carbocycles. The van der Waals surface area contributed by atoms with E-state index < -0.39 is 0 Å². The summed E-state index contributed by atoms with van der Waals surface area (Å²) in [6.07, 6.45) is 0. The second-order valence-corrected chi connectivity index (χ2v) is 4.19. The molecule has 0 aliphatic carbocycles. The van der Waals surface area contributed by atoms with E-state index in [4.69, 9.17) is 5.73 Å². The van der Waals surface area contributed by atoms with Crippen LogP contribution in [0.2, 0.25) is 0 Å². The molecular formula is C12H20ClN3O. The molecule has 1 rings (SSSR count). The number of nitrogens with zero attached hydrogens (tertiary/aromatic N) is 2. The number of pyridine rings is 1. The first kappa shape index (κ1) is 15.7. The van der Waals surface area contributed by atoms with Crippen molar-refractivity contribution in [1.29, 1.82) is 0 Å². The lowest BCUT2D eigenvalue weighted by atomic mass is 10.2. The molecule has 0 bridgehead atoms. The number of carbonyl (C=O) groups is 1. The maximum atomic E-state index is 12.1. The van der Waals surface area contributed by atoms with Crippen LogP contribution in [0.1, 0.15) is 31.3 Å². The Morgan fingerprint density at radius 2 is 2.12 bits per heavy atom. The maximum Gasteiger partial charge on any atom is 0.272 e. The normalized spacial score (nSPS) is 9.88. The van der Waals surface area contributed by atoms with Gasteiger partial charge in [0.05, 0.1) is 0 Å². The predicted octanol–water partition coefficient (Wildman–Crippen LogP) is 2.20. The molecule has 96 valence electrons. The number of anilines is 1. The van der Waals surface area contributed by atoms with Crippen molar-refractivity contribution in [3.63, 3.8) is 0 Å². The molecule has 0 aromatic carbocycles. The van der Waals surface area contributed by atoms with Crippen molar-refractivity contribution in [2.24, 2.45) is 5.92 Å². The summed E-state index contributed by atoms with van der Waals surface area (Å²) in [6, 6.07) is 5.12. The minimum absolute atomic E-state index is 0. The second kappa shape index (κ2) is 7.12. The SMILES string of the molecule is CCN(CC(C)C)C(=O)c1cccc(N)n1.Cl. The average Bonchev–Trinajstić information content (AvgIpc) is 2.24. The summed E-state index contributed by atoms with van der Waals surface area (Å²) < 4.78 is 0. The maximum absolute atomic E-state index is 12.1. The van der Waals surface area contributed by atoms with Crippen molar-refractivity contribution in [3.05, 3.63) is 23.9 Å². The van der Waals surface area contributed by atoms with Crippen molar-refractivity contribution in [2.75, 3.05) is 18.8 Å². The van der Waals surface area contributed by atoms with Gasteiger partial charge in [-0.2, -0.15) is 0 Å². The van der Waals surface area contributed by atoms with E-state index >= 15 is 0 Å². The van der Waals surface area contributed by atoms with Crippen LogP contribution in [0, 0.1) is 5.92 Å². The van der Waals surface area contributed by atoms with E-state index in [2.05, 4.69) is 18.8 Å². The van der Waals surface area contributed by atoms with E-state index in [-0.39, 0.29) is 18.3 Å². The molecule has 4 nitrogen and oxygen atoms in total. The van der Waals surface area contributed by atoms with E-state index in [0.717, 1.165) is 6.54 Å². The molecule has 1 aromatic heterocycles. The Bertz CT molecular complexity index is 369. The zero-order chi connectivity index (χ0) is 12.1. The predicted molar refractivity (Wildman–Crippen MR) is 72.3 cm³/mol. The van der Waals surface area contributed by atoms with E-state index in [9.17, 15) is 4.79 Å². The Labute approximate surface area is 109 Å². The number of carbonyl (C=O) groups excluding carboxylic acids is 1. The zero-order valence-corrected chi connectivity index (χ0v) is 11.3. The molecule has 1 amide bonds. The molecule has 0 unspecified atom stereocenters. The van der Waals surface area contributed by atoms with Crippen LogP contribution in [-0.4, -0.2) is 28.9 Å². The van der Waals surface area contributed by atoms with Crippen LogP contribution in [0.15, 0.2) is 18.2 Å². The highest BCUT2D eigenvalue weighted by atomic mass is 35.5. The largest absolute Gasteiger partial charge is 0.384 e. The Morgan fingerprint density at radius 3 is 2.59 bits per heavy atom. The van der Waals surface area contributed by atoms with Gasteiger partial charge in [0.1, 0.15) is 11.5 Å². The van der Waals surface area contributed by atoms with E-state index in [1.807, 2.05) is 6.92 Å². The van der Waals surface area contributed by atoms with Gasteiger partial charge in [0.15, 0.2) is 0 Å². The Balaban J connectivity index is 0.00000256. The Morgan fingerprint density at radius 1 is 1.47 bits per heavy atom. The van der Waals surface area contributed by atoms with E-state index in [1.165, 1.54) is 0 Å². The number of rotatable bonds is 4. The zero-order valence-electron chi connectivity index (χ0n) is 10.5. The van der Waals surface area contributed by atoms with Gasteiger partial charge in [0, 0.05) is 13.1 Å². The highest BCUT2D eigenvalue weighted by Crippen LogP contribution is 2.07. The van der Waals surface area contributed by atoms with Crippen LogP contribution < -0.4 is 5.73 Å². The number of nitrogens with two attached hydrogens (primary N) is 1. The molecule has 1 heterocycles. The standard InChI is InChI=1S/C12H19N3O.ClH/c1-4-15(8-9(2)3)12(16)10-6-5-7-11(13)14-10;/h5-7,9H,4,8H2,1-3H3,(H2,13,14);1H. The third kappa shape index (κ3) is 4.61. The molecule has 0 atom stereocenters. The number of halogens is 1. The lowest BCUT2D eigenvalue weighted by molar-refractivity contribution is 0.0740. The molecule has 0 aliphatic rings. The first-order chi connectivity index (χ1) is 7.54. The van der Waals surface area contributed by atoms with Gasteiger partial charge in [-0.15, -0.1) is 12.4 Å². The molecule has 0 fully saturated rings. The van der Waals surface area contributed by atoms with Gasteiger partial charge < -0.3 is 10.6 Å². The van der Waals surface area contributed by atoms with Crippen molar-refractivity contribution in [2.45, 2.75) is 20.8 Å². The van der Waals surface area contributed by atoms with Gasteiger partial charge in [-0.25, -0.2) is 4.98 Å². The molecular weight excluding hydrogens is 238 g/mol. The van der Waals surface area contributed by atoms with Gasteiger partial charge in [0.25, 0.3) is 5.91 Å². The van der Waals surface area contributed by atoms with Crippen LogP contribution in [0.5, 0.6) is 0 Å². The molecule has 0 spiro atoms. The van der Waals surface area contributed by atoms with Crippen molar-refractivity contribution >= 4 is 24.1 Å². The molecule has 0 aliphatic heterocycles. The summed E-state index contributed by atoms with van der Waals surface area (Å²) in [5.41, 5.74) is 5.98. The number of hydrogen-bond acceptors (Lipinski definition) is 3. The van der Waals surface area contributed by atoms with Gasteiger partial charge >= 0.3 is 0 Å². The summed E-state index contributed by atoms with van der Waals surface area (Å²) in [5.74, 6) is 0.778. The minimum Gasteiger partial charge on any atom is -0.384 e. The van der Waals surface area contributed by atoms with Gasteiger partial charge in [0.2, 0.25) is 0 Å². The highest BCUT2D eigenvalue weighted by Gasteiger charge is 2.16. The first-order valence-corrected chi connectivity index (χ1v) is 5.56. The second-order valence-electron chi connectivity index (χ2n) is 4.19. The average molecular weight is 258 g/mol. The molecule has 5 heteroatoms. The number of nitrogen functional groups attached to an aromatic ring is 1. The molecule has 0 saturated heterocycles. The number of hydrogen-bond donors (Lipinski definition) is 1. The summed E-state index contributed by atoms with van der Waals surface area (Å²) in [5, 5.41) is 0. The summed E-state index contributed by atoms with van der Waals surface area (Å²) in [4.78, 5) is 17.9. The monoisotopic (exact) mass is 257 g/mol. The van der Waals surface area contributed by atoms with Crippen LogP contribution in [0.4, 0.5) is 5.82 Å². The molecule has 17 heavy (non-hydrogen) atoms. The van der Waals surface area contributed by atoms with Crippen LogP contribution in [-0.2, 0) is 0 Å². The first-order valence-electron chi connectivity index (χ1n) is 5.56. The molecule has 1 aromatic rings. The summed E-state index contributed by atoms with van der Waals surface area (Å²) in [7, 11) is 0. The van der Waals surface area contributed by atoms with Crippen molar-refractivity contribution in [1.82, 2.24) is 9.88 Å². The lowest BCUT2D eigenvalue weighted by Crippen LogP contribution is -2.34. The van der Waals surface area contributed by atoms with E-state index in [1.54, 1.807) is 23.1 Å². The van der Waals surface area contributed by atoms with Crippen molar-refractivity contribution in [3.8, 4) is 0 Å². The summed E-state index contributed by atoms with van der Waals surface area (Å²) in [6.45, 7) is 7.57. The van der Waals surface area contributed by atoms with Crippen LogP contribution in [0.25, 0.3) is 0 Å². The van der Waals surface area contributed by atoms with Gasteiger partial charge in [-0.1, -0.05) is 19.9 Å². The van der Waals surface area contributed by atoms with Crippen molar-refractivity contribution < 1.29 is 4.79 Å². The van der Waals surface area contributed by atoms with Gasteiger partial charge in [-0.3, -0.25) is 4.79 Å². The minimum atomic E-state index is -0.0523. The smallest absolute Gasteiger partial charge is 0.272 e. The fourth-order valence-electron chi connectivity index (χ4n) is 1.53. The van der Waals surface area contributed by atoms with Gasteiger partial charge in [-0.05, 0) is 25.0 Å². The topological polar surface area (TPSA) is 59.2 Å². The Hall–Kier alpha value is -1.29. The van der Waals surface area contributed by atoms with Crippen LogP contribution >= 0.6 is 12.4 Å². The third-order valence-corrected chi connectivity index (χ3v) is 2.24. The fourth-order valence-corrected chi connectivity index (χ4v) is 1.53. The Kier molecular flexibility index (Phi) is 6.58. The number of aromatic nitrogens is 1. The quantitative estimate of drug-likeness (QED) is 0.900. The fraction of sp³-hybridized carbons (Fsp3) is 0.500. The molecule has 0 radical (unpaired) electrons. The third-order valence-electron chi connectivity index (χ3n) is 2.24. The van der Waals surface area contributed by atoms with E-state index in [0.29, 0.717) is 24.0 Å².